The van der Waals surface area contributed by atoms with Gasteiger partial charge in [0.1, 0.15) is 9.91 Å². The quantitative estimate of drug-likeness (QED) is 0.744. The molecule has 2 aromatic carbocycles. The van der Waals surface area contributed by atoms with Crippen molar-refractivity contribution in [3.8, 4) is 0 Å². The van der Waals surface area contributed by atoms with Crippen LogP contribution >= 0.6 is 11.8 Å². The third-order valence-corrected chi connectivity index (χ3v) is 6.76. The Morgan fingerprint density at radius 3 is 2.32 bits per heavy atom. The van der Waals surface area contributed by atoms with E-state index < -0.39 is 0 Å². The van der Waals surface area contributed by atoms with Crippen molar-refractivity contribution in [1.29, 1.82) is 0 Å². The van der Waals surface area contributed by atoms with Crippen molar-refractivity contribution in [2.75, 3.05) is 0 Å². The first-order chi connectivity index (χ1) is 12.1. The molecule has 3 heteroatoms. The second-order valence-electron chi connectivity index (χ2n) is 7.49. The van der Waals surface area contributed by atoms with Crippen LogP contribution in [0.25, 0.3) is 0 Å². The molecule has 0 saturated heterocycles. The number of nitrogens with zero attached hydrogens (tertiary/aromatic N) is 1. The molecule has 0 amide bonds. The Hall–Kier alpha value is -1.74. The highest BCUT2D eigenvalue weighted by Gasteiger charge is 2.34. The maximum atomic E-state index is 4.61. The van der Waals surface area contributed by atoms with Gasteiger partial charge in [0.25, 0.3) is 0 Å². The summed E-state index contributed by atoms with van der Waals surface area (Å²) in [4.78, 5) is -0.189. The number of hydrogen-bond donors (Lipinski definition) is 1. The van der Waals surface area contributed by atoms with Crippen LogP contribution in [0.15, 0.2) is 53.6 Å². The van der Waals surface area contributed by atoms with E-state index in [4.69, 9.17) is 0 Å². The lowest BCUT2D eigenvalue weighted by molar-refractivity contribution is 0.443. The smallest absolute Gasteiger partial charge is 0.128 e. The summed E-state index contributed by atoms with van der Waals surface area (Å²) in [6, 6.07) is 17.8. The fourth-order valence-electron chi connectivity index (χ4n) is 3.85. The van der Waals surface area contributed by atoms with Crippen LogP contribution in [0.5, 0.6) is 0 Å². The SMILES string of the molecule is Cc1ccc(C2=NN[C@](C)(c3ccc(C4CCCCC4)cc3)S2)cc1. The van der Waals surface area contributed by atoms with Gasteiger partial charge in [0.2, 0.25) is 0 Å². The van der Waals surface area contributed by atoms with E-state index in [1.807, 2.05) is 0 Å². The molecule has 2 nitrogen and oxygen atoms in total. The fraction of sp³-hybridized carbons (Fsp3) is 0.409. The molecular weight excluding hydrogens is 324 g/mol. The van der Waals surface area contributed by atoms with E-state index in [1.54, 1.807) is 11.8 Å². The molecule has 1 saturated carbocycles. The Morgan fingerprint density at radius 1 is 0.960 bits per heavy atom. The molecule has 0 bridgehead atoms. The monoisotopic (exact) mass is 350 g/mol. The number of nitrogens with one attached hydrogen (secondary N) is 1. The Morgan fingerprint density at radius 2 is 1.64 bits per heavy atom. The molecule has 0 aromatic heterocycles. The average Bonchev–Trinajstić information content (AvgIpc) is 3.07. The van der Waals surface area contributed by atoms with E-state index in [1.165, 1.54) is 54.4 Å². The van der Waals surface area contributed by atoms with Gasteiger partial charge in [-0.2, -0.15) is 5.10 Å². The van der Waals surface area contributed by atoms with Crippen LogP contribution in [0, 0.1) is 6.92 Å². The van der Waals surface area contributed by atoms with Gasteiger partial charge in [-0.1, -0.05) is 85.1 Å². The first-order valence-corrected chi connectivity index (χ1v) is 10.2. The van der Waals surface area contributed by atoms with Gasteiger partial charge in [0, 0.05) is 5.56 Å². The normalized spacial score (nSPS) is 24.0. The number of thioether (sulfide) groups is 1. The molecule has 1 fully saturated rings. The zero-order valence-electron chi connectivity index (χ0n) is 15.1. The molecule has 4 rings (SSSR count). The highest BCUT2D eigenvalue weighted by molar-refractivity contribution is 8.15. The van der Waals surface area contributed by atoms with E-state index in [-0.39, 0.29) is 4.87 Å². The summed E-state index contributed by atoms with van der Waals surface area (Å²) in [5.41, 5.74) is 8.63. The van der Waals surface area contributed by atoms with Gasteiger partial charge in [-0.05, 0) is 43.7 Å². The average molecular weight is 351 g/mol. The zero-order valence-corrected chi connectivity index (χ0v) is 15.9. The number of hydrazone groups is 1. The molecule has 2 aliphatic rings. The molecule has 1 atom stereocenters. The van der Waals surface area contributed by atoms with Crippen LogP contribution < -0.4 is 5.43 Å². The van der Waals surface area contributed by atoms with Crippen molar-refractivity contribution >= 4 is 16.8 Å². The Kier molecular flexibility index (Phi) is 4.60. The molecule has 1 aliphatic carbocycles. The summed E-state index contributed by atoms with van der Waals surface area (Å²) in [6.07, 6.45) is 6.88. The molecule has 130 valence electrons. The molecule has 1 heterocycles. The van der Waals surface area contributed by atoms with Crippen molar-refractivity contribution in [2.24, 2.45) is 5.10 Å². The van der Waals surface area contributed by atoms with Gasteiger partial charge in [0.05, 0.1) is 0 Å². The molecule has 1 N–H and O–H groups in total. The van der Waals surface area contributed by atoms with Crippen LogP contribution in [-0.4, -0.2) is 5.04 Å². The molecule has 0 radical (unpaired) electrons. The third kappa shape index (κ3) is 3.48. The van der Waals surface area contributed by atoms with Gasteiger partial charge in [-0.15, -0.1) is 0 Å². The van der Waals surface area contributed by atoms with E-state index >= 15 is 0 Å². The van der Waals surface area contributed by atoms with Crippen LogP contribution in [0.4, 0.5) is 0 Å². The minimum atomic E-state index is -0.189. The lowest BCUT2D eigenvalue weighted by Crippen LogP contribution is -2.28. The number of benzene rings is 2. The van der Waals surface area contributed by atoms with Gasteiger partial charge in [-0.25, -0.2) is 0 Å². The molecule has 1 aliphatic heterocycles. The van der Waals surface area contributed by atoms with Gasteiger partial charge in [-0.3, -0.25) is 5.43 Å². The summed E-state index contributed by atoms with van der Waals surface area (Å²) in [5.74, 6) is 0.763. The van der Waals surface area contributed by atoms with E-state index in [0.717, 1.165) is 11.0 Å². The molecule has 0 unspecified atom stereocenters. The van der Waals surface area contributed by atoms with Crippen molar-refractivity contribution in [2.45, 2.75) is 56.7 Å². The van der Waals surface area contributed by atoms with Crippen molar-refractivity contribution in [3.05, 3.63) is 70.8 Å². The third-order valence-electron chi connectivity index (χ3n) is 5.51. The highest BCUT2D eigenvalue weighted by atomic mass is 32.2. The Balaban J connectivity index is 1.49. The zero-order chi connectivity index (χ0) is 17.3. The molecular formula is C22H26N2S. The number of hydrogen-bond acceptors (Lipinski definition) is 3. The standard InChI is InChI=1S/C22H26N2S/c1-16-8-10-19(11-9-16)21-23-24-22(2,25-21)20-14-12-18(13-15-20)17-6-4-3-5-7-17/h8-15,17,24H,3-7H2,1-2H3/t22-/m0/s1. The molecule has 2 aromatic rings. The lowest BCUT2D eigenvalue weighted by Gasteiger charge is -2.25. The summed E-state index contributed by atoms with van der Waals surface area (Å²) < 4.78 is 0. The molecule has 0 spiro atoms. The van der Waals surface area contributed by atoms with Gasteiger partial charge < -0.3 is 0 Å². The fourth-order valence-corrected chi connectivity index (χ4v) is 4.93. The largest absolute Gasteiger partial charge is 0.288 e. The van der Waals surface area contributed by atoms with E-state index in [0.29, 0.717) is 0 Å². The second kappa shape index (κ2) is 6.87. The minimum Gasteiger partial charge on any atom is -0.288 e. The van der Waals surface area contributed by atoms with Crippen molar-refractivity contribution in [3.63, 3.8) is 0 Å². The van der Waals surface area contributed by atoms with Crippen molar-refractivity contribution < 1.29 is 0 Å². The second-order valence-corrected chi connectivity index (χ2v) is 8.89. The first-order valence-electron chi connectivity index (χ1n) is 9.35. The first kappa shape index (κ1) is 16.7. The van der Waals surface area contributed by atoms with Crippen molar-refractivity contribution in [1.82, 2.24) is 5.43 Å². The van der Waals surface area contributed by atoms with Crippen LogP contribution in [0.1, 0.15) is 67.2 Å². The summed E-state index contributed by atoms with van der Waals surface area (Å²) >= 11 is 1.81. The minimum absolute atomic E-state index is 0.189. The Labute approximate surface area is 155 Å². The molecule has 25 heavy (non-hydrogen) atoms. The predicted molar refractivity (Wildman–Crippen MR) is 108 cm³/mol. The van der Waals surface area contributed by atoms with Crippen LogP contribution in [0.2, 0.25) is 0 Å². The lowest BCUT2D eigenvalue weighted by atomic mass is 9.84. The van der Waals surface area contributed by atoms with Gasteiger partial charge >= 0.3 is 0 Å². The maximum absolute atomic E-state index is 4.61. The number of rotatable bonds is 3. The summed E-state index contributed by atoms with van der Waals surface area (Å²) in [5, 5.41) is 5.68. The van der Waals surface area contributed by atoms with Crippen LogP contribution in [-0.2, 0) is 4.87 Å². The number of aryl methyl sites for hydroxylation is 1. The van der Waals surface area contributed by atoms with E-state index in [9.17, 15) is 0 Å². The summed E-state index contributed by atoms with van der Waals surface area (Å²) in [6.45, 7) is 4.33. The highest BCUT2D eigenvalue weighted by Crippen LogP contribution is 2.41. The van der Waals surface area contributed by atoms with E-state index in [2.05, 4.69) is 72.9 Å². The van der Waals surface area contributed by atoms with Gasteiger partial charge in [0.15, 0.2) is 0 Å². The predicted octanol–water partition coefficient (Wildman–Crippen LogP) is 5.91. The Bertz CT molecular complexity index is 758. The maximum Gasteiger partial charge on any atom is 0.128 e. The van der Waals surface area contributed by atoms with Crippen LogP contribution in [0.3, 0.4) is 0 Å². The topological polar surface area (TPSA) is 24.4 Å². The summed E-state index contributed by atoms with van der Waals surface area (Å²) in [7, 11) is 0.